The molecule has 10 heteroatoms. The lowest BCUT2D eigenvalue weighted by atomic mass is 10.0. The van der Waals surface area contributed by atoms with E-state index in [0.717, 1.165) is 43.0 Å². The minimum Gasteiger partial charge on any atom is -0.392 e. The highest BCUT2D eigenvalue weighted by atomic mass is 35.5. The maximum absolute atomic E-state index is 12.3. The topological polar surface area (TPSA) is 107 Å². The molecule has 0 spiro atoms. The van der Waals surface area contributed by atoms with E-state index in [-0.39, 0.29) is 18.1 Å². The van der Waals surface area contributed by atoms with Gasteiger partial charge in [0.15, 0.2) is 5.65 Å². The molecule has 2 aromatic heterocycles. The van der Waals surface area contributed by atoms with Gasteiger partial charge in [0.25, 0.3) is 5.91 Å². The van der Waals surface area contributed by atoms with Crippen molar-refractivity contribution in [1.82, 2.24) is 24.8 Å². The van der Waals surface area contributed by atoms with Crippen LogP contribution in [0.3, 0.4) is 0 Å². The second-order valence-electron chi connectivity index (χ2n) is 9.47. The molecular formula is C26H30ClN7O2. The molecule has 9 nitrogen and oxygen atoms in total. The van der Waals surface area contributed by atoms with Gasteiger partial charge < -0.3 is 26.0 Å². The number of hydrogen-bond donors (Lipinski definition) is 4. The summed E-state index contributed by atoms with van der Waals surface area (Å²) in [5.74, 6) is 1.30. The number of hydrogen-bond acceptors (Lipinski definition) is 7. The van der Waals surface area contributed by atoms with Gasteiger partial charge in [0.1, 0.15) is 11.6 Å². The normalized spacial score (nSPS) is 19.1. The Kier molecular flexibility index (Phi) is 6.95. The van der Waals surface area contributed by atoms with Crippen LogP contribution in [0.1, 0.15) is 31.7 Å². The van der Waals surface area contributed by atoms with E-state index in [0.29, 0.717) is 40.7 Å². The molecule has 3 aromatic rings. The average Bonchev–Trinajstić information content (AvgIpc) is 3.37. The van der Waals surface area contributed by atoms with Gasteiger partial charge in [-0.2, -0.15) is 9.61 Å². The predicted octanol–water partition coefficient (Wildman–Crippen LogP) is 3.80. The third-order valence-corrected chi connectivity index (χ3v) is 6.61. The molecule has 1 amide bonds. The molecule has 1 unspecified atom stereocenters. The maximum atomic E-state index is 12.3. The van der Waals surface area contributed by atoms with Gasteiger partial charge in [0.2, 0.25) is 0 Å². The van der Waals surface area contributed by atoms with Crippen molar-refractivity contribution in [3.05, 3.63) is 65.0 Å². The summed E-state index contributed by atoms with van der Waals surface area (Å²) in [4.78, 5) is 19.4. The Labute approximate surface area is 214 Å². The zero-order valence-corrected chi connectivity index (χ0v) is 20.9. The summed E-state index contributed by atoms with van der Waals surface area (Å²) >= 11 is 6.18. The summed E-state index contributed by atoms with van der Waals surface area (Å²) in [6, 6.07) is 9.66. The Hall–Kier alpha value is -3.40. The molecule has 188 valence electrons. The first-order chi connectivity index (χ1) is 17.3. The lowest BCUT2D eigenvalue weighted by Crippen LogP contribution is -2.42. The van der Waals surface area contributed by atoms with E-state index in [9.17, 15) is 9.90 Å². The molecule has 5 rings (SSSR count). The summed E-state index contributed by atoms with van der Waals surface area (Å²) in [7, 11) is 0. The Balaban J connectivity index is 1.46. The van der Waals surface area contributed by atoms with E-state index in [2.05, 4.69) is 32.5 Å². The number of fused-ring (bicyclic) bond motifs is 1. The molecule has 0 bridgehead atoms. The van der Waals surface area contributed by atoms with Gasteiger partial charge in [-0.05, 0) is 44.0 Å². The van der Waals surface area contributed by atoms with Crippen LogP contribution < -0.4 is 16.0 Å². The number of β-amino-alcohol motifs (C(OH)–C–C–N with tert-alkyl or cyclic N) is 1. The SMILES string of the molecule is C=C1C/C(=C\c2cnn3c(NC4CCN(CC(C)O)CC4)cc(Nc4cccc(Cl)c4)nc23)C(=O)N1. The summed E-state index contributed by atoms with van der Waals surface area (Å²) in [6.07, 6.45) is 5.60. The fourth-order valence-electron chi connectivity index (χ4n) is 4.70. The van der Waals surface area contributed by atoms with Crippen LogP contribution >= 0.6 is 11.6 Å². The van der Waals surface area contributed by atoms with Crippen molar-refractivity contribution in [2.24, 2.45) is 0 Å². The van der Waals surface area contributed by atoms with Gasteiger partial charge in [-0.15, -0.1) is 0 Å². The quantitative estimate of drug-likeness (QED) is 0.360. The molecule has 2 saturated heterocycles. The van der Waals surface area contributed by atoms with Crippen molar-refractivity contribution < 1.29 is 9.90 Å². The van der Waals surface area contributed by atoms with Crippen molar-refractivity contribution >= 4 is 46.6 Å². The summed E-state index contributed by atoms with van der Waals surface area (Å²) in [5.41, 5.74) is 3.52. The predicted molar refractivity (Wildman–Crippen MR) is 142 cm³/mol. The number of nitrogens with one attached hydrogen (secondary N) is 3. The standard InChI is InChI=1S/C26H30ClN7O2/c1-16-10-18(26(36)29-16)11-19-14-28-34-24(31-21-6-8-33(9-7-21)15-17(2)35)13-23(32-25(19)34)30-22-5-3-4-20(27)12-22/h3-5,11-14,17,21,31,35H,1,6-10,15H2,2H3,(H,29,36)(H,30,32)/b18-11+. The molecular weight excluding hydrogens is 478 g/mol. The van der Waals surface area contributed by atoms with Crippen LogP contribution in [0.4, 0.5) is 17.3 Å². The van der Waals surface area contributed by atoms with E-state index < -0.39 is 0 Å². The molecule has 0 saturated carbocycles. The number of allylic oxidation sites excluding steroid dienone is 1. The fourth-order valence-corrected chi connectivity index (χ4v) is 4.90. The number of rotatable bonds is 7. The molecule has 1 atom stereocenters. The van der Waals surface area contributed by atoms with Crippen LogP contribution in [-0.2, 0) is 4.79 Å². The number of benzene rings is 1. The monoisotopic (exact) mass is 507 g/mol. The van der Waals surface area contributed by atoms with Gasteiger partial charge in [-0.3, -0.25) is 4.79 Å². The Morgan fingerprint density at radius 3 is 2.83 bits per heavy atom. The number of likely N-dealkylation sites (tertiary alicyclic amines) is 1. The first-order valence-electron chi connectivity index (χ1n) is 12.1. The fraction of sp³-hybridized carbons (Fsp3) is 0.346. The molecule has 2 fully saturated rings. The van der Waals surface area contributed by atoms with Crippen molar-refractivity contribution in [1.29, 1.82) is 0 Å². The van der Waals surface area contributed by atoms with Crippen LogP contribution in [0.25, 0.3) is 11.7 Å². The Morgan fingerprint density at radius 2 is 2.14 bits per heavy atom. The van der Waals surface area contributed by atoms with E-state index in [1.54, 1.807) is 10.7 Å². The van der Waals surface area contributed by atoms with Crippen molar-refractivity contribution in [3.63, 3.8) is 0 Å². The molecule has 0 aliphatic carbocycles. The highest BCUT2D eigenvalue weighted by Gasteiger charge is 2.23. The number of anilines is 3. The number of carbonyl (C=O) groups is 1. The summed E-state index contributed by atoms with van der Waals surface area (Å²) in [5, 5.41) is 24.7. The maximum Gasteiger partial charge on any atom is 0.251 e. The zero-order chi connectivity index (χ0) is 25.2. The third-order valence-electron chi connectivity index (χ3n) is 6.37. The smallest absolute Gasteiger partial charge is 0.251 e. The molecule has 4 heterocycles. The van der Waals surface area contributed by atoms with Crippen molar-refractivity contribution in [3.8, 4) is 0 Å². The molecule has 2 aliphatic rings. The van der Waals surface area contributed by atoms with E-state index in [4.69, 9.17) is 16.6 Å². The minimum atomic E-state index is -0.329. The number of aliphatic hydroxyl groups is 1. The van der Waals surface area contributed by atoms with Gasteiger partial charge in [0, 0.05) is 65.7 Å². The molecule has 2 aliphatic heterocycles. The molecule has 36 heavy (non-hydrogen) atoms. The molecule has 4 N–H and O–H groups in total. The minimum absolute atomic E-state index is 0.144. The number of piperidine rings is 1. The Morgan fingerprint density at radius 1 is 1.33 bits per heavy atom. The zero-order valence-electron chi connectivity index (χ0n) is 20.2. The Bertz CT molecular complexity index is 1330. The van der Waals surface area contributed by atoms with Crippen LogP contribution in [-0.4, -0.2) is 62.3 Å². The molecule has 0 radical (unpaired) electrons. The third kappa shape index (κ3) is 5.53. The average molecular weight is 508 g/mol. The second-order valence-corrected chi connectivity index (χ2v) is 9.91. The van der Waals surface area contributed by atoms with Crippen LogP contribution in [0.15, 0.2) is 54.4 Å². The number of amides is 1. The van der Waals surface area contributed by atoms with Gasteiger partial charge >= 0.3 is 0 Å². The first kappa shape index (κ1) is 24.3. The number of carbonyl (C=O) groups excluding carboxylic acids is 1. The number of aromatic nitrogens is 3. The van der Waals surface area contributed by atoms with Gasteiger partial charge in [-0.25, -0.2) is 4.98 Å². The van der Waals surface area contributed by atoms with Crippen LogP contribution in [0.5, 0.6) is 0 Å². The molecule has 1 aromatic carbocycles. The highest BCUT2D eigenvalue weighted by molar-refractivity contribution is 6.30. The second kappa shape index (κ2) is 10.3. The number of nitrogens with zero attached hydrogens (tertiary/aromatic N) is 4. The number of aliphatic hydroxyl groups excluding tert-OH is 1. The van der Waals surface area contributed by atoms with E-state index >= 15 is 0 Å². The van der Waals surface area contributed by atoms with Gasteiger partial charge in [0.05, 0.1) is 12.3 Å². The van der Waals surface area contributed by atoms with Crippen LogP contribution in [0.2, 0.25) is 5.02 Å². The lowest BCUT2D eigenvalue weighted by Gasteiger charge is -2.33. The largest absolute Gasteiger partial charge is 0.392 e. The van der Waals surface area contributed by atoms with Crippen molar-refractivity contribution in [2.75, 3.05) is 30.3 Å². The first-order valence-corrected chi connectivity index (χ1v) is 12.5. The highest BCUT2D eigenvalue weighted by Crippen LogP contribution is 2.27. The van der Waals surface area contributed by atoms with E-state index in [1.807, 2.05) is 43.3 Å². The lowest BCUT2D eigenvalue weighted by molar-refractivity contribution is -0.115. The number of halogens is 1. The summed E-state index contributed by atoms with van der Waals surface area (Å²) in [6.45, 7) is 8.20. The summed E-state index contributed by atoms with van der Waals surface area (Å²) < 4.78 is 1.78. The van der Waals surface area contributed by atoms with E-state index in [1.165, 1.54) is 0 Å². The van der Waals surface area contributed by atoms with Crippen molar-refractivity contribution in [2.45, 2.75) is 38.3 Å². The van der Waals surface area contributed by atoms with Gasteiger partial charge in [-0.1, -0.05) is 24.2 Å². The van der Waals surface area contributed by atoms with Crippen LogP contribution in [0, 0.1) is 0 Å².